The van der Waals surface area contributed by atoms with Gasteiger partial charge in [0.25, 0.3) is 5.91 Å². The molecule has 8 nitrogen and oxygen atoms in total. The van der Waals surface area contributed by atoms with Crippen LogP contribution in [-0.4, -0.2) is 61.3 Å². The fourth-order valence-electron chi connectivity index (χ4n) is 4.00. The minimum absolute atomic E-state index is 0.0880. The lowest BCUT2D eigenvalue weighted by atomic mass is 10.1. The van der Waals surface area contributed by atoms with Crippen LogP contribution in [0.5, 0.6) is 0 Å². The molecule has 1 saturated heterocycles. The first-order chi connectivity index (χ1) is 14.3. The Morgan fingerprint density at radius 3 is 3.03 bits per heavy atom. The largest absolute Gasteiger partial charge is 0.332 e. The van der Waals surface area contributed by atoms with Crippen LogP contribution in [0.15, 0.2) is 54.1 Å². The zero-order valence-electron chi connectivity index (χ0n) is 15.4. The molecule has 0 spiro atoms. The number of hydrogen-bond acceptors (Lipinski definition) is 6. The van der Waals surface area contributed by atoms with E-state index < -0.39 is 0 Å². The topological polar surface area (TPSA) is 91.2 Å². The number of likely N-dealkylation sites (tertiary alicyclic amines) is 1. The van der Waals surface area contributed by atoms with Crippen LogP contribution < -0.4 is 5.32 Å². The van der Waals surface area contributed by atoms with Crippen molar-refractivity contribution in [2.75, 3.05) is 19.6 Å². The van der Waals surface area contributed by atoms with E-state index in [0.29, 0.717) is 6.04 Å². The van der Waals surface area contributed by atoms with Gasteiger partial charge in [0, 0.05) is 61.0 Å². The van der Waals surface area contributed by atoms with E-state index in [4.69, 9.17) is 0 Å². The summed E-state index contributed by atoms with van der Waals surface area (Å²) in [7, 11) is 0. The number of nitrogens with zero attached hydrogens (tertiary/aromatic N) is 5. The van der Waals surface area contributed by atoms with Crippen molar-refractivity contribution in [2.24, 2.45) is 0 Å². The second-order valence-corrected chi connectivity index (χ2v) is 8.19. The average molecular weight is 403 g/mol. The highest BCUT2D eigenvalue weighted by Crippen LogP contribution is 2.31. The minimum atomic E-state index is 0.0880. The molecule has 1 unspecified atom stereocenters. The summed E-state index contributed by atoms with van der Waals surface area (Å²) in [6.45, 7) is 2.38. The fourth-order valence-corrected chi connectivity index (χ4v) is 4.88. The number of H-pyrrole nitrogens is 1. The molecule has 29 heavy (non-hydrogen) atoms. The van der Waals surface area contributed by atoms with Gasteiger partial charge >= 0.3 is 0 Å². The van der Waals surface area contributed by atoms with Gasteiger partial charge in [-0.2, -0.15) is 10.2 Å². The summed E-state index contributed by atoms with van der Waals surface area (Å²) in [6.07, 6.45) is 11.3. The van der Waals surface area contributed by atoms with Gasteiger partial charge in [0.1, 0.15) is 0 Å². The van der Waals surface area contributed by atoms with Crippen LogP contribution in [-0.2, 0) is 0 Å². The maximum Gasteiger partial charge on any atom is 0.264 e. The van der Waals surface area contributed by atoms with Crippen molar-refractivity contribution < 1.29 is 4.79 Å². The summed E-state index contributed by atoms with van der Waals surface area (Å²) < 4.78 is 1.76. The average Bonchev–Trinajstić information content (AvgIpc) is 3.54. The predicted octanol–water partition coefficient (Wildman–Crippen LogP) is 2.20. The van der Waals surface area contributed by atoms with Crippen LogP contribution in [0.25, 0.3) is 27.9 Å². The summed E-state index contributed by atoms with van der Waals surface area (Å²) in [5.74, 6) is 0.0880. The Hall–Kier alpha value is -3.30. The molecule has 0 bridgehead atoms. The zero-order valence-corrected chi connectivity index (χ0v) is 16.2. The number of hydrogen-bond donors (Lipinski definition) is 2. The second-order valence-electron chi connectivity index (χ2n) is 7.28. The molecule has 2 aliphatic heterocycles. The summed E-state index contributed by atoms with van der Waals surface area (Å²) >= 11 is 1.47. The highest BCUT2D eigenvalue weighted by atomic mass is 32.1. The number of carbonyl (C=O) groups excluding carboxylic acids is 1. The summed E-state index contributed by atoms with van der Waals surface area (Å²) in [5.41, 5.74) is 5.87. The normalized spacial score (nSPS) is 18.4. The van der Waals surface area contributed by atoms with Crippen LogP contribution in [0.2, 0.25) is 0 Å². The number of carbonyl (C=O) groups is 1. The number of amides is 1. The monoisotopic (exact) mass is 403 g/mol. The van der Waals surface area contributed by atoms with Gasteiger partial charge in [-0.1, -0.05) is 6.08 Å². The number of thiophene rings is 1. The molecule has 0 radical (unpaired) electrons. The van der Waals surface area contributed by atoms with Gasteiger partial charge in [-0.3, -0.25) is 9.89 Å². The van der Waals surface area contributed by atoms with Crippen molar-refractivity contribution in [3.05, 3.63) is 59.0 Å². The van der Waals surface area contributed by atoms with Gasteiger partial charge < -0.3 is 10.2 Å². The maximum atomic E-state index is 12.9. The molecule has 4 aromatic heterocycles. The van der Waals surface area contributed by atoms with E-state index in [0.717, 1.165) is 52.4 Å². The first-order valence-corrected chi connectivity index (χ1v) is 10.3. The van der Waals surface area contributed by atoms with Gasteiger partial charge in [-0.15, -0.1) is 11.3 Å². The van der Waals surface area contributed by atoms with E-state index in [1.807, 2.05) is 34.9 Å². The Morgan fingerprint density at radius 1 is 1.21 bits per heavy atom. The Labute approximate surface area is 169 Å². The number of fused-ring (bicyclic) bond motifs is 2. The highest BCUT2D eigenvalue weighted by molar-refractivity contribution is 7.12. The molecule has 1 fully saturated rings. The SMILES string of the molecule is O=C(c1cc(-c2cnn3cc(-c4cn[nH]c4)cnc23)cs1)N1CC2=CCNC2C1. The van der Waals surface area contributed by atoms with Crippen LogP contribution in [0.3, 0.4) is 0 Å². The smallest absolute Gasteiger partial charge is 0.264 e. The quantitative estimate of drug-likeness (QED) is 0.512. The molecule has 0 saturated carbocycles. The lowest BCUT2D eigenvalue weighted by Crippen LogP contribution is -2.33. The van der Waals surface area contributed by atoms with Crippen LogP contribution in [0, 0.1) is 0 Å². The lowest BCUT2D eigenvalue weighted by Gasteiger charge is -2.15. The first kappa shape index (κ1) is 16.6. The molecule has 0 aliphatic carbocycles. The van der Waals surface area contributed by atoms with E-state index in [2.05, 4.69) is 31.7 Å². The van der Waals surface area contributed by atoms with Gasteiger partial charge in [-0.25, -0.2) is 9.50 Å². The van der Waals surface area contributed by atoms with Crippen molar-refractivity contribution in [1.82, 2.24) is 35.0 Å². The van der Waals surface area contributed by atoms with Crippen molar-refractivity contribution in [2.45, 2.75) is 6.04 Å². The molecule has 2 aliphatic rings. The van der Waals surface area contributed by atoms with E-state index in [1.54, 1.807) is 16.9 Å². The summed E-state index contributed by atoms with van der Waals surface area (Å²) in [6, 6.07) is 2.28. The molecule has 6 heterocycles. The number of aromatic amines is 1. The second kappa shape index (κ2) is 6.36. The molecule has 0 aromatic carbocycles. The zero-order chi connectivity index (χ0) is 19.4. The molecular formula is C20H17N7OS. The Morgan fingerprint density at radius 2 is 2.17 bits per heavy atom. The van der Waals surface area contributed by atoms with E-state index in [-0.39, 0.29) is 5.91 Å². The van der Waals surface area contributed by atoms with Gasteiger partial charge in [-0.05, 0) is 22.6 Å². The van der Waals surface area contributed by atoms with E-state index in [9.17, 15) is 4.79 Å². The molecule has 2 N–H and O–H groups in total. The third-order valence-corrected chi connectivity index (χ3v) is 6.47. The third kappa shape index (κ3) is 2.70. The lowest BCUT2D eigenvalue weighted by molar-refractivity contribution is 0.0796. The van der Waals surface area contributed by atoms with Gasteiger partial charge in [0.05, 0.1) is 17.3 Å². The highest BCUT2D eigenvalue weighted by Gasteiger charge is 2.33. The number of nitrogens with one attached hydrogen (secondary N) is 2. The molecule has 1 atom stereocenters. The van der Waals surface area contributed by atoms with Gasteiger partial charge in [0.2, 0.25) is 0 Å². The Kier molecular flexibility index (Phi) is 3.65. The van der Waals surface area contributed by atoms with Crippen molar-refractivity contribution in [3.63, 3.8) is 0 Å². The molecule has 144 valence electrons. The fraction of sp³-hybridized carbons (Fsp3) is 0.200. The predicted molar refractivity (Wildman–Crippen MR) is 110 cm³/mol. The van der Waals surface area contributed by atoms with E-state index in [1.165, 1.54) is 16.9 Å². The summed E-state index contributed by atoms with van der Waals surface area (Å²) in [4.78, 5) is 20.2. The Bertz CT molecular complexity index is 1250. The molecule has 6 rings (SSSR count). The van der Waals surface area contributed by atoms with Crippen LogP contribution >= 0.6 is 11.3 Å². The first-order valence-electron chi connectivity index (χ1n) is 9.39. The standard InChI is InChI=1S/C20H17N7OS/c28-20(26-8-12-1-2-21-17(12)10-26)18-3-13(11-29-18)16-7-25-27-9-15(4-22-19(16)27)14-5-23-24-6-14/h1,3-7,9,11,17,21H,2,8,10H2,(H,23,24). The maximum absolute atomic E-state index is 12.9. The number of aromatic nitrogens is 5. The minimum Gasteiger partial charge on any atom is -0.332 e. The molecule has 1 amide bonds. The van der Waals surface area contributed by atoms with Gasteiger partial charge in [0.15, 0.2) is 5.65 Å². The molecule has 9 heteroatoms. The molecular weight excluding hydrogens is 386 g/mol. The van der Waals surface area contributed by atoms with Crippen LogP contribution in [0.1, 0.15) is 9.67 Å². The Balaban J connectivity index is 1.29. The third-order valence-electron chi connectivity index (χ3n) is 5.55. The summed E-state index contributed by atoms with van der Waals surface area (Å²) in [5, 5.41) is 16.7. The van der Waals surface area contributed by atoms with Crippen molar-refractivity contribution >= 4 is 22.9 Å². The van der Waals surface area contributed by atoms with Crippen LogP contribution in [0.4, 0.5) is 0 Å². The van der Waals surface area contributed by atoms with Crippen molar-refractivity contribution in [3.8, 4) is 22.3 Å². The van der Waals surface area contributed by atoms with E-state index >= 15 is 0 Å². The van der Waals surface area contributed by atoms with Crippen molar-refractivity contribution in [1.29, 1.82) is 0 Å². The number of rotatable bonds is 3. The molecule has 4 aromatic rings.